The normalized spacial score (nSPS) is 11.3. The zero-order valence-corrected chi connectivity index (χ0v) is 10.9. The fourth-order valence-electron chi connectivity index (χ4n) is 1.85. The fourth-order valence-corrected chi connectivity index (χ4v) is 1.85. The Morgan fingerprint density at radius 2 is 1.78 bits per heavy atom. The number of nitrogens with one attached hydrogen (secondary N) is 1. The maximum absolute atomic E-state index is 12.0. The van der Waals surface area contributed by atoms with E-state index in [0.29, 0.717) is 12.0 Å². The Balaban J connectivity index is 2.81. The molecule has 0 fully saturated rings. The summed E-state index contributed by atoms with van der Waals surface area (Å²) in [5.41, 5.74) is 0.676. The second-order valence-electron chi connectivity index (χ2n) is 4.67. The van der Waals surface area contributed by atoms with Gasteiger partial charge in [-0.15, -0.1) is 0 Å². The molecule has 0 aromatic heterocycles. The van der Waals surface area contributed by atoms with E-state index in [-0.39, 0.29) is 19.1 Å². The van der Waals surface area contributed by atoms with E-state index in [1.165, 1.54) is 0 Å². The van der Waals surface area contributed by atoms with Crippen LogP contribution in [-0.4, -0.2) is 34.9 Å². The number of carbonyl (C=O) groups is 1. The van der Waals surface area contributed by atoms with Gasteiger partial charge in [0.05, 0.1) is 18.8 Å². The quantitative estimate of drug-likeness (QED) is 0.712. The lowest BCUT2D eigenvalue weighted by molar-refractivity contribution is 0.0632. The average Bonchev–Trinajstić information content (AvgIpc) is 2.38. The lowest BCUT2D eigenvalue weighted by Crippen LogP contribution is -2.54. The molecule has 0 saturated heterocycles. The predicted octanol–water partition coefficient (Wildman–Crippen LogP) is 1.25. The molecule has 18 heavy (non-hydrogen) atoms. The van der Waals surface area contributed by atoms with E-state index < -0.39 is 5.54 Å². The first-order valence-electron chi connectivity index (χ1n) is 6.18. The molecule has 0 aliphatic carbocycles. The molecule has 0 heterocycles. The smallest absolute Gasteiger partial charge is 0.251 e. The van der Waals surface area contributed by atoms with Crippen molar-refractivity contribution in [1.29, 1.82) is 0 Å². The molecule has 1 amide bonds. The number of aliphatic hydroxyl groups excluding tert-OH is 2. The molecule has 1 rings (SSSR count). The molecule has 4 nitrogen and oxygen atoms in total. The third kappa shape index (κ3) is 3.55. The SMILES string of the molecule is CCCC(CO)(CO)NC(=O)c1ccc(C)cc1. The standard InChI is InChI=1S/C14H21NO3/c1-3-8-14(9-16,10-17)15-13(18)12-6-4-11(2)5-7-12/h4-7,16-17H,3,8-10H2,1-2H3,(H,15,18). The predicted molar refractivity (Wildman–Crippen MR) is 70.5 cm³/mol. The van der Waals surface area contributed by atoms with Crippen LogP contribution in [-0.2, 0) is 0 Å². The van der Waals surface area contributed by atoms with Gasteiger partial charge in [-0.1, -0.05) is 31.0 Å². The van der Waals surface area contributed by atoms with Crippen LogP contribution in [0.25, 0.3) is 0 Å². The van der Waals surface area contributed by atoms with E-state index in [1.807, 2.05) is 26.0 Å². The van der Waals surface area contributed by atoms with Crippen molar-refractivity contribution >= 4 is 5.91 Å². The van der Waals surface area contributed by atoms with Crippen LogP contribution in [0, 0.1) is 6.92 Å². The Labute approximate surface area is 108 Å². The molecular formula is C14H21NO3. The van der Waals surface area contributed by atoms with Gasteiger partial charge in [-0.3, -0.25) is 4.79 Å². The van der Waals surface area contributed by atoms with Gasteiger partial charge in [-0.05, 0) is 25.5 Å². The Morgan fingerprint density at radius 3 is 2.22 bits per heavy atom. The number of benzene rings is 1. The maximum Gasteiger partial charge on any atom is 0.251 e. The van der Waals surface area contributed by atoms with Gasteiger partial charge >= 0.3 is 0 Å². The van der Waals surface area contributed by atoms with Crippen molar-refractivity contribution in [3.63, 3.8) is 0 Å². The van der Waals surface area contributed by atoms with Gasteiger partial charge in [0, 0.05) is 5.56 Å². The first kappa shape index (κ1) is 14.7. The largest absolute Gasteiger partial charge is 0.394 e. The molecule has 0 atom stereocenters. The van der Waals surface area contributed by atoms with Crippen molar-refractivity contribution in [2.45, 2.75) is 32.2 Å². The van der Waals surface area contributed by atoms with Crippen LogP contribution >= 0.6 is 0 Å². The topological polar surface area (TPSA) is 69.6 Å². The number of hydrogen-bond acceptors (Lipinski definition) is 3. The Bertz CT molecular complexity index is 383. The molecular weight excluding hydrogens is 230 g/mol. The Kier molecular flexibility index (Phi) is 5.31. The van der Waals surface area contributed by atoms with Gasteiger partial charge < -0.3 is 15.5 Å². The van der Waals surface area contributed by atoms with Gasteiger partial charge in [0.25, 0.3) is 5.91 Å². The molecule has 0 aliphatic rings. The van der Waals surface area contributed by atoms with Crippen LogP contribution in [0.2, 0.25) is 0 Å². The van der Waals surface area contributed by atoms with Crippen molar-refractivity contribution in [3.8, 4) is 0 Å². The molecule has 0 spiro atoms. The molecule has 4 heteroatoms. The summed E-state index contributed by atoms with van der Waals surface area (Å²) in [4.78, 5) is 12.0. The minimum atomic E-state index is -0.934. The third-order valence-electron chi connectivity index (χ3n) is 3.03. The summed E-state index contributed by atoms with van der Waals surface area (Å²) in [5.74, 6) is -0.272. The van der Waals surface area contributed by atoms with Gasteiger partial charge in [0.2, 0.25) is 0 Å². The number of rotatable bonds is 6. The summed E-state index contributed by atoms with van der Waals surface area (Å²) in [7, 11) is 0. The molecule has 0 unspecified atom stereocenters. The molecule has 0 radical (unpaired) electrons. The van der Waals surface area contributed by atoms with Crippen LogP contribution in [0.15, 0.2) is 24.3 Å². The van der Waals surface area contributed by atoms with Crippen molar-refractivity contribution in [2.24, 2.45) is 0 Å². The van der Waals surface area contributed by atoms with Crippen molar-refractivity contribution < 1.29 is 15.0 Å². The van der Waals surface area contributed by atoms with Crippen LogP contribution < -0.4 is 5.32 Å². The second kappa shape index (κ2) is 6.52. The summed E-state index contributed by atoms with van der Waals surface area (Å²) in [6, 6.07) is 7.18. The molecule has 0 aliphatic heterocycles. The summed E-state index contributed by atoms with van der Waals surface area (Å²) in [6.07, 6.45) is 1.31. The minimum absolute atomic E-state index is 0.269. The van der Waals surface area contributed by atoms with Crippen LogP contribution in [0.4, 0.5) is 0 Å². The van der Waals surface area contributed by atoms with Crippen molar-refractivity contribution in [2.75, 3.05) is 13.2 Å². The van der Waals surface area contributed by atoms with Gasteiger partial charge in [-0.2, -0.15) is 0 Å². The average molecular weight is 251 g/mol. The first-order chi connectivity index (χ1) is 8.56. The number of carbonyl (C=O) groups excluding carboxylic acids is 1. The molecule has 100 valence electrons. The lowest BCUT2D eigenvalue weighted by atomic mass is 9.95. The highest BCUT2D eigenvalue weighted by molar-refractivity contribution is 5.94. The summed E-state index contributed by atoms with van der Waals surface area (Å²) in [6.45, 7) is 3.35. The molecule has 1 aromatic carbocycles. The van der Waals surface area contributed by atoms with E-state index in [9.17, 15) is 15.0 Å². The van der Waals surface area contributed by atoms with Crippen LogP contribution in [0.5, 0.6) is 0 Å². The highest BCUT2D eigenvalue weighted by atomic mass is 16.3. The lowest BCUT2D eigenvalue weighted by Gasteiger charge is -2.30. The van der Waals surface area contributed by atoms with E-state index in [0.717, 1.165) is 12.0 Å². The van der Waals surface area contributed by atoms with Gasteiger partial charge in [0.15, 0.2) is 0 Å². The summed E-state index contributed by atoms with van der Waals surface area (Å²) >= 11 is 0. The van der Waals surface area contributed by atoms with E-state index >= 15 is 0 Å². The van der Waals surface area contributed by atoms with E-state index in [4.69, 9.17) is 0 Å². The van der Waals surface area contributed by atoms with E-state index in [1.54, 1.807) is 12.1 Å². The summed E-state index contributed by atoms with van der Waals surface area (Å²) < 4.78 is 0. The Morgan fingerprint density at radius 1 is 1.22 bits per heavy atom. The number of aliphatic hydroxyl groups is 2. The monoisotopic (exact) mass is 251 g/mol. The highest BCUT2D eigenvalue weighted by Crippen LogP contribution is 2.13. The zero-order chi connectivity index (χ0) is 13.6. The first-order valence-corrected chi connectivity index (χ1v) is 6.18. The molecule has 0 saturated carbocycles. The van der Waals surface area contributed by atoms with E-state index in [2.05, 4.69) is 5.32 Å². The molecule has 3 N–H and O–H groups in total. The fraction of sp³-hybridized carbons (Fsp3) is 0.500. The number of amides is 1. The number of hydrogen-bond donors (Lipinski definition) is 3. The maximum atomic E-state index is 12.0. The minimum Gasteiger partial charge on any atom is -0.394 e. The van der Waals surface area contributed by atoms with Crippen LogP contribution in [0.1, 0.15) is 35.7 Å². The molecule has 1 aromatic rings. The summed E-state index contributed by atoms with van der Waals surface area (Å²) in [5, 5.41) is 21.5. The third-order valence-corrected chi connectivity index (χ3v) is 3.03. The van der Waals surface area contributed by atoms with Crippen molar-refractivity contribution in [1.82, 2.24) is 5.32 Å². The highest BCUT2D eigenvalue weighted by Gasteiger charge is 2.29. The molecule has 0 bridgehead atoms. The van der Waals surface area contributed by atoms with Gasteiger partial charge in [0.1, 0.15) is 0 Å². The van der Waals surface area contributed by atoms with Crippen LogP contribution in [0.3, 0.4) is 0 Å². The number of aryl methyl sites for hydroxylation is 1. The van der Waals surface area contributed by atoms with Crippen molar-refractivity contribution in [3.05, 3.63) is 35.4 Å². The Hall–Kier alpha value is -1.39. The zero-order valence-electron chi connectivity index (χ0n) is 10.9. The van der Waals surface area contributed by atoms with Gasteiger partial charge in [-0.25, -0.2) is 0 Å². The second-order valence-corrected chi connectivity index (χ2v) is 4.67.